The SMILES string of the molecule is Cc1cc2nc(C)c3c(n2n1)CCCC3. The number of nitrogens with zero attached hydrogens (tertiary/aromatic N) is 3. The van der Waals surface area contributed by atoms with E-state index >= 15 is 0 Å². The fraction of sp³-hybridized carbons (Fsp3) is 0.500. The lowest BCUT2D eigenvalue weighted by atomic mass is 9.95. The summed E-state index contributed by atoms with van der Waals surface area (Å²) >= 11 is 0. The van der Waals surface area contributed by atoms with Gasteiger partial charge in [0, 0.05) is 17.5 Å². The number of hydrogen-bond donors (Lipinski definition) is 0. The summed E-state index contributed by atoms with van der Waals surface area (Å²) in [7, 11) is 0. The first kappa shape index (κ1) is 8.89. The molecule has 0 saturated heterocycles. The topological polar surface area (TPSA) is 30.2 Å². The van der Waals surface area contributed by atoms with Crippen LogP contribution in [-0.4, -0.2) is 14.6 Å². The van der Waals surface area contributed by atoms with Crippen molar-refractivity contribution in [3.8, 4) is 0 Å². The summed E-state index contributed by atoms with van der Waals surface area (Å²) in [6.07, 6.45) is 4.89. The van der Waals surface area contributed by atoms with Gasteiger partial charge in [-0.1, -0.05) is 0 Å². The Morgan fingerprint density at radius 1 is 1.20 bits per heavy atom. The summed E-state index contributed by atoms with van der Waals surface area (Å²) in [6.45, 7) is 4.14. The molecule has 2 aromatic rings. The van der Waals surface area contributed by atoms with Crippen LogP contribution in [0.5, 0.6) is 0 Å². The Labute approximate surface area is 89.1 Å². The summed E-state index contributed by atoms with van der Waals surface area (Å²) in [6, 6.07) is 2.06. The molecule has 3 rings (SSSR count). The Morgan fingerprint density at radius 2 is 2.00 bits per heavy atom. The summed E-state index contributed by atoms with van der Waals surface area (Å²) in [4.78, 5) is 4.61. The fourth-order valence-electron chi connectivity index (χ4n) is 2.52. The van der Waals surface area contributed by atoms with Crippen molar-refractivity contribution in [3.63, 3.8) is 0 Å². The van der Waals surface area contributed by atoms with Crippen LogP contribution >= 0.6 is 0 Å². The minimum atomic E-state index is 1.01. The van der Waals surface area contributed by atoms with Crippen LogP contribution in [0.2, 0.25) is 0 Å². The van der Waals surface area contributed by atoms with Crippen molar-refractivity contribution < 1.29 is 0 Å². The van der Waals surface area contributed by atoms with E-state index in [2.05, 4.69) is 23.1 Å². The third-order valence-electron chi connectivity index (χ3n) is 3.23. The largest absolute Gasteiger partial charge is 0.234 e. The Balaban J connectivity index is 2.38. The number of rotatable bonds is 0. The molecule has 0 aromatic carbocycles. The van der Waals surface area contributed by atoms with Crippen LogP contribution in [-0.2, 0) is 12.8 Å². The number of aryl methyl sites for hydroxylation is 3. The van der Waals surface area contributed by atoms with Gasteiger partial charge in [0.1, 0.15) is 0 Å². The molecular formula is C12H15N3. The van der Waals surface area contributed by atoms with Gasteiger partial charge < -0.3 is 0 Å². The van der Waals surface area contributed by atoms with Crippen molar-refractivity contribution >= 4 is 5.65 Å². The minimum Gasteiger partial charge on any atom is -0.234 e. The first-order chi connectivity index (χ1) is 7.25. The Bertz CT molecular complexity index is 525. The van der Waals surface area contributed by atoms with E-state index in [1.807, 2.05) is 11.4 Å². The van der Waals surface area contributed by atoms with E-state index in [-0.39, 0.29) is 0 Å². The van der Waals surface area contributed by atoms with Gasteiger partial charge in [0.05, 0.1) is 5.69 Å². The predicted molar refractivity (Wildman–Crippen MR) is 59.1 cm³/mol. The van der Waals surface area contributed by atoms with Gasteiger partial charge >= 0.3 is 0 Å². The van der Waals surface area contributed by atoms with Crippen LogP contribution in [0.4, 0.5) is 0 Å². The molecule has 0 amide bonds. The maximum absolute atomic E-state index is 4.61. The van der Waals surface area contributed by atoms with Crippen molar-refractivity contribution in [2.45, 2.75) is 39.5 Å². The average Bonchev–Trinajstić information content (AvgIpc) is 2.59. The maximum atomic E-state index is 4.61. The van der Waals surface area contributed by atoms with Crippen LogP contribution in [0, 0.1) is 13.8 Å². The molecular weight excluding hydrogens is 186 g/mol. The van der Waals surface area contributed by atoms with Gasteiger partial charge in [-0.25, -0.2) is 9.50 Å². The number of fused-ring (bicyclic) bond motifs is 3. The van der Waals surface area contributed by atoms with Crippen molar-refractivity contribution in [3.05, 3.63) is 28.7 Å². The van der Waals surface area contributed by atoms with Crippen LogP contribution < -0.4 is 0 Å². The quantitative estimate of drug-likeness (QED) is 0.654. The van der Waals surface area contributed by atoms with E-state index in [9.17, 15) is 0 Å². The first-order valence-corrected chi connectivity index (χ1v) is 5.60. The van der Waals surface area contributed by atoms with E-state index in [1.165, 1.54) is 36.2 Å². The van der Waals surface area contributed by atoms with E-state index in [1.54, 1.807) is 0 Å². The molecule has 0 saturated carbocycles. The predicted octanol–water partition coefficient (Wildman–Crippen LogP) is 2.22. The van der Waals surface area contributed by atoms with Gasteiger partial charge in [0.15, 0.2) is 5.65 Å². The van der Waals surface area contributed by atoms with E-state index in [0.29, 0.717) is 0 Å². The number of aromatic nitrogens is 3. The molecule has 0 bridgehead atoms. The van der Waals surface area contributed by atoms with Gasteiger partial charge in [0.2, 0.25) is 0 Å². The zero-order valence-electron chi connectivity index (χ0n) is 9.25. The van der Waals surface area contributed by atoms with Crippen LogP contribution in [0.15, 0.2) is 6.07 Å². The van der Waals surface area contributed by atoms with Gasteiger partial charge in [-0.15, -0.1) is 0 Å². The Hall–Kier alpha value is -1.38. The lowest BCUT2D eigenvalue weighted by molar-refractivity contribution is 0.634. The maximum Gasteiger partial charge on any atom is 0.155 e. The standard InChI is InChI=1S/C12H15N3/c1-8-7-12-13-9(2)10-5-3-4-6-11(10)15(12)14-8/h7H,3-6H2,1-2H3. The molecule has 0 radical (unpaired) electrons. The van der Waals surface area contributed by atoms with E-state index < -0.39 is 0 Å². The Kier molecular flexibility index (Phi) is 1.81. The highest BCUT2D eigenvalue weighted by Crippen LogP contribution is 2.24. The zero-order chi connectivity index (χ0) is 10.4. The third kappa shape index (κ3) is 1.26. The van der Waals surface area contributed by atoms with E-state index in [4.69, 9.17) is 0 Å². The molecule has 0 N–H and O–H groups in total. The molecule has 78 valence electrons. The minimum absolute atomic E-state index is 1.01. The summed E-state index contributed by atoms with van der Waals surface area (Å²) < 4.78 is 2.04. The van der Waals surface area contributed by atoms with Crippen LogP contribution in [0.25, 0.3) is 5.65 Å². The normalized spacial score (nSPS) is 15.6. The molecule has 2 aromatic heterocycles. The summed E-state index contributed by atoms with van der Waals surface area (Å²) in [5.74, 6) is 0. The molecule has 1 aliphatic carbocycles. The second kappa shape index (κ2) is 3.05. The molecule has 2 heterocycles. The van der Waals surface area contributed by atoms with Crippen molar-refractivity contribution in [1.82, 2.24) is 14.6 Å². The number of hydrogen-bond acceptors (Lipinski definition) is 2. The van der Waals surface area contributed by atoms with Crippen LogP contribution in [0.1, 0.15) is 35.5 Å². The first-order valence-electron chi connectivity index (χ1n) is 5.60. The van der Waals surface area contributed by atoms with Gasteiger partial charge in [0.25, 0.3) is 0 Å². The van der Waals surface area contributed by atoms with E-state index in [0.717, 1.165) is 17.8 Å². The zero-order valence-corrected chi connectivity index (χ0v) is 9.25. The lowest BCUT2D eigenvalue weighted by Gasteiger charge is -2.18. The Morgan fingerprint density at radius 3 is 2.87 bits per heavy atom. The summed E-state index contributed by atoms with van der Waals surface area (Å²) in [5.41, 5.74) is 6.07. The van der Waals surface area contributed by atoms with Crippen LogP contribution in [0.3, 0.4) is 0 Å². The lowest BCUT2D eigenvalue weighted by Crippen LogP contribution is -2.13. The molecule has 1 aliphatic rings. The molecule has 3 heteroatoms. The molecule has 0 atom stereocenters. The highest BCUT2D eigenvalue weighted by Gasteiger charge is 2.17. The molecule has 0 fully saturated rings. The van der Waals surface area contributed by atoms with Gasteiger partial charge in [-0.3, -0.25) is 0 Å². The molecule has 15 heavy (non-hydrogen) atoms. The van der Waals surface area contributed by atoms with Gasteiger partial charge in [-0.2, -0.15) is 5.10 Å². The fourth-order valence-corrected chi connectivity index (χ4v) is 2.52. The highest BCUT2D eigenvalue weighted by atomic mass is 15.3. The smallest absolute Gasteiger partial charge is 0.155 e. The van der Waals surface area contributed by atoms with Crippen molar-refractivity contribution in [2.75, 3.05) is 0 Å². The summed E-state index contributed by atoms with van der Waals surface area (Å²) in [5, 5.41) is 4.52. The van der Waals surface area contributed by atoms with Crippen molar-refractivity contribution in [2.24, 2.45) is 0 Å². The second-order valence-electron chi connectivity index (χ2n) is 4.39. The average molecular weight is 201 g/mol. The highest BCUT2D eigenvalue weighted by molar-refractivity contribution is 5.45. The third-order valence-corrected chi connectivity index (χ3v) is 3.23. The second-order valence-corrected chi connectivity index (χ2v) is 4.39. The molecule has 0 spiro atoms. The monoisotopic (exact) mass is 201 g/mol. The molecule has 3 nitrogen and oxygen atoms in total. The molecule has 0 aliphatic heterocycles. The molecule has 0 unspecified atom stereocenters. The van der Waals surface area contributed by atoms with Crippen molar-refractivity contribution in [1.29, 1.82) is 0 Å². The van der Waals surface area contributed by atoms with Gasteiger partial charge in [-0.05, 0) is 45.1 Å².